The molecule has 0 spiro atoms. The average molecular weight is 475 g/mol. The van der Waals surface area contributed by atoms with E-state index in [1.54, 1.807) is 21.3 Å². The first-order chi connectivity index (χ1) is 16.4. The molecule has 0 atom stereocenters. The van der Waals surface area contributed by atoms with Gasteiger partial charge in [-0.2, -0.15) is 9.97 Å². The summed E-state index contributed by atoms with van der Waals surface area (Å²) in [7, 11) is 6.69. The number of anilines is 1. The molecule has 3 N–H and O–H groups in total. The number of likely N-dealkylation sites (N-methyl/N-ethyl adjacent to an activating group) is 1. The van der Waals surface area contributed by atoms with Crippen molar-refractivity contribution in [1.82, 2.24) is 24.4 Å². The van der Waals surface area contributed by atoms with Gasteiger partial charge in [-0.15, -0.1) is 0 Å². The van der Waals surface area contributed by atoms with Crippen LogP contribution in [-0.4, -0.2) is 72.2 Å². The molecule has 0 aliphatic rings. The van der Waals surface area contributed by atoms with Gasteiger partial charge in [0.15, 0.2) is 11.5 Å². The van der Waals surface area contributed by atoms with E-state index < -0.39 is 0 Å². The number of hydrogen-bond acceptors (Lipinski definition) is 9. The van der Waals surface area contributed by atoms with Crippen molar-refractivity contribution in [3.8, 4) is 11.8 Å². The van der Waals surface area contributed by atoms with E-state index in [1.807, 2.05) is 30.1 Å². The summed E-state index contributed by atoms with van der Waals surface area (Å²) in [6, 6.07) is 5.89. The van der Waals surface area contributed by atoms with Crippen LogP contribution in [0.15, 0.2) is 23.0 Å². The Morgan fingerprint density at radius 3 is 2.62 bits per heavy atom. The molecule has 0 amide bonds. The maximum absolute atomic E-state index is 12.6. The second-order valence-corrected chi connectivity index (χ2v) is 7.73. The third-order valence-electron chi connectivity index (χ3n) is 4.88. The summed E-state index contributed by atoms with van der Waals surface area (Å²) in [5.41, 5.74) is 8.21. The summed E-state index contributed by atoms with van der Waals surface area (Å²) in [5.74, 6) is 0.799. The van der Waals surface area contributed by atoms with Gasteiger partial charge in [-0.05, 0) is 25.1 Å². The van der Waals surface area contributed by atoms with Crippen molar-refractivity contribution < 1.29 is 19.0 Å². The number of H-pyrrole nitrogens is 1. The maximum Gasteiger partial charge on any atom is 0.328 e. The number of nitrogens with two attached hydrogens (primary N) is 1. The van der Waals surface area contributed by atoms with E-state index in [-0.39, 0.29) is 24.1 Å². The van der Waals surface area contributed by atoms with Crippen LogP contribution < -0.4 is 20.9 Å². The summed E-state index contributed by atoms with van der Waals surface area (Å²) in [6.07, 6.45) is 2.71. The van der Waals surface area contributed by atoms with E-state index in [4.69, 9.17) is 15.2 Å². The number of aromatic amines is 1. The number of benzene rings is 1. The zero-order chi connectivity index (χ0) is 25.1. The number of aldehydes is 1. The van der Waals surface area contributed by atoms with Crippen molar-refractivity contribution in [2.24, 2.45) is 0 Å². The molecule has 1 aromatic carbocycles. The summed E-state index contributed by atoms with van der Waals surface area (Å²) in [4.78, 5) is 36.4. The first-order valence-corrected chi connectivity index (χ1v) is 10.9. The number of carbonyl (C=O) groups excluding carboxylic acids is 1. The topological polar surface area (TPSA) is 138 Å². The number of aromatic nitrogens is 4. The monoisotopic (exact) mass is 474 g/mol. The molecule has 11 heteroatoms. The first-order valence-electron chi connectivity index (χ1n) is 10.9. The number of nitrogens with zero attached hydrogens (tertiary/aromatic N) is 4. The number of rotatable bonds is 11. The van der Waals surface area contributed by atoms with Crippen LogP contribution in [0, 0.1) is 0 Å². The number of fused-ring (bicyclic) bond motifs is 1. The standard InChI is InChI=1S/C21H28N6O4.C2H6O/c1-4-5-10-31-20-24-18(22)17-19(25-20)27(21(29)23-17)13-15-7-6-14(11-16(15)30-3)12-26(2)8-9-28;1-3-2/h6-7,9,11H,4-5,8,10,12-13H2,1-3H3,(H,23,29)(H2,22,24,25);1-2H3. The number of carbonyl (C=O) groups is 1. The molecule has 34 heavy (non-hydrogen) atoms. The van der Waals surface area contributed by atoms with Gasteiger partial charge in [-0.25, -0.2) is 4.79 Å². The second kappa shape index (κ2) is 13.3. The Bertz CT molecular complexity index is 1130. The Morgan fingerprint density at radius 2 is 1.97 bits per heavy atom. The lowest BCUT2D eigenvalue weighted by molar-refractivity contribution is -0.108. The molecule has 0 unspecified atom stereocenters. The first kappa shape index (κ1) is 26.8. The van der Waals surface area contributed by atoms with Crippen LogP contribution in [0.3, 0.4) is 0 Å². The minimum atomic E-state index is -0.349. The van der Waals surface area contributed by atoms with E-state index in [1.165, 1.54) is 4.57 Å². The lowest BCUT2D eigenvalue weighted by atomic mass is 10.1. The van der Waals surface area contributed by atoms with Gasteiger partial charge < -0.3 is 29.7 Å². The van der Waals surface area contributed by atoms with Crippen LogP contribution in [0.2, 0.25) is 0 Å². The van der Waals surface area contributed by atoms with Gasteiger partial charge >= 0.3 is 11.7 Å². The molecule has 186 valence electrons. The molecule has 0 aliphatic heterocycles. The van der Waals surface area contributed by atoms with E-state index in [0.29, 0.717) is 36.6 Å². The minimum absolute atomic E-state index is 0.145. The Kier molecular flexibility index (Phi) is 10.5. The van der Waals surface area contributed by atoms with Gasteiger partial charge in [-0.3, -0.25) is 9.47 Å². The third-order valence-corrected chi connectivity index (χ3v) is 4.88. The Morgan fingerprint density at radius 1 is 1.24 bits per heavy atom. The van der Waals surface area contributed by atoms with Gasteiger partial charge in [0.25, 0.3) is 0 Å². The summed E-state index contributed by atoms with van der Waals surface area (Å²) in [6.45, 7) is 3.72. The smallest absolute Gasteiger partial charge is 0.328 e. The maximum atomic E-state index is 12.6. The summed E-state index contributed by atoms with van der Waals surface area (Å²) >= 11 is 0. The number of ether oxygens (including phenoxy) is 3. The minimum Gasteiger partial charge on any atom is -0.496 e. The number of methoxy groups -OCH3 is 2. The number of imidazole rings is 1. The summed E-state index contributed by atoms with van der Waals surface area (Å²) in [5, 5.41) is 0. The second-order valence-electron chi connectivity index (χ2n) is 7.73. The zero-order valence-electron chi connectivity index (χ0n) is 20.5. The molecule has 0 aliphatic carbocycles. The molecular formula is C23H34N6O5. The quantitative estimate of drug-likeness (QED) is 0.315. The lowest BCUT2D eigenvalue weighted by Gasteiger charge is -2.16. The number of nitrogen functional groups attached to an aromatic ring is 1. The molecule has 11 nitrogen and oxygen atoms in total. The van der Waals surface area contributed by atoms with Crippen molar-refractivity contribution in [2.45, 2.75) is 32.9 Å². The SMILES string of the molecule is CCCCOc1nc(N)c2[nH]c(=O)n(Cc3ccc(CN(C)CC=O)cc3OC)c2n1.COC. The Balaban J connectivity index is 0.00000129. The van der Waals surface area contributed by atoms with Crippen molar-refractivity contribution in [3.63, 3.8) is 0 Å². The van der Waals surface area contributed by atoms with Crippen molar-refractivity contribution >= 4 is 23.3 Å². The predicted molar refractivity (Wildman–Crippen MR) is 130 cm³/mol. The normalized spacial score (nSPS) is 10.8. The zero-order valence-corrected chi connectivity index (χ0v) is 20.5. The molecule has 3 aromatic rings. The van der Waals surface area contributed by atoms with Gasteiger partial charge in [0.1, 0.15) is 17.6 Å². The largest absolute Gasteiger partial charge is 0.496 e. The van der Waals surface area contributed by atoms with Crippen molar-refractivity contribution in [3.05, 3.63) is 39.8 Å². The van der Waals surface area contributed by atoms with Crippen molar-refractivity contribution in [2.75, 3.05) is 47.3 Å². The van der Waals surface area contributed by atoms with Crippen LogP contribution in [0.5, 0.6) is 11.8 Å². The number of unbranched alkanes of at least 4 members (excludes halogenated alkanes) is 1. The van der Waals surface area contributed by atoms with E-state index in [0.717, 1.165) is 30.3 Å². The average Bonchev–Trinajstić information content (AvgIpc) is 3.11. The van der Waals surface area contributed by atoms with Gasteiger partial charge in [0.2, 0.25) is 0 Å². The lowest BCUT2D eigenvalue weighted by Crippen LogP contribution is -2.20. The number of hydrogen-bond donors (Lipinski definition) is 2. The fourth-order valence-electron chi connectivity index (χ4n) is 3.24. The number of nitrogens with one attached hydrogen (secondary N) is 1. The van der Waals surface area contributed by atoms with Crippen LogP contribution >= 0.6 is 0 Å². The molecule has 0 saturated heterocycles. The highest BCUT2D eigenvalue weighted by molar-refractivity contribution is 5.82. The highest BCUT2D eigenvalue weighted by Gasteiger charge is 2.16. The van der Waals surface area contributed by atoms with E-state index in [9.17, 15) is 9.59 Å². The van der Waals surface area contributed by atoms with Gasteiger partial charge in [0, 0.05) is 26.3 Å². The van der Waals surface area contributed by atoms with E-state index >= 15 is 0 Å². The van der Waals surface area contributed by atoms with Crippen LogP contribution in [0.1, 0.15) is 30.9 Å². The van der Waals surface area contributed by atoms with Crippen LogP contribution in [0.4, 0.5) is 5.82 Å². The third kappa shape index (κ3) is 7.03. The molecular weight excluding hydrogens is 440 g/mol. The molecule has 2 heterocycles. The molecule has 0 radical (unpaired) electrons. The molecule has 0 saturated carbocycles. The van der Waals surface area contributed by atoms with E-state index in [2.05, 4.69) is 26.6 Å². The molecule has 3 rings (SSSR count). The fraction of sp³-hybridized carbons (Fsp3) is 0.478. The fourth-order valence-corrected chi connectivity index (χ4v) is 3.24. The predicted octanol–water partition coefficient (Wildman–Crippen LogP) is 1.83. The van der Waals surface area contributed by atoms with Gasteiger partial charge in [-0.1, -0.05) is 25.5 Å². The highest BCUT2D eigenvalue weighted by Crippen LogP contribution is 2.24. The molecule has 2 aromatic heterocycles. The Hall–Kier alpha value is -3.44. The molecule has 0 bridgehead atoms. The highest BCUT2D eigenvalue weighted by atomic mass is 16.5. The Labute approximate surface area is 198 Å². The van der Waals surface area contributed by atoms with Gasteiger partial charge in [0.05, 0.1) is 26.8 Å². The molecule has 0 fully saturated rings. The van der Waals surface area contributed by atoms with Crippen LogP contribution in [0.25, 0.3) is 11.2 Å². The van der Waals surface area contributed by atoms with Crippen molar-refractivity contribution in [1.29, 1.82) is 0 Å². The summed E-state index contributed by atoms with van der Waals surface area (Å²) < 4.78 is 16.9. The van der Waals surface area contributed by atoms with Crippen LogP contribution in [-0.2, 0) is 22.6 Å².